The monoisotopic (exact) mass is 465 g/mol. The highest BCUT2D eigenvalue weighted by Gasteiger charge is 2.32. The molecule has 2 N–H and O–H groups in total. The van der Waals surface area contributed by atoms with E-state index in [1.54, 1.807) is 0 Å². The molecule has 2 aromatic heterocycles. The van der Waals surface area contributed by atoms with Crippen LogP contribution in [0, 0.1) is 5.82 Å². The lowest BCUT2D eigenvalue weighted by Crippen LogP contribution is -2.23. The van der Waals surface area contributed by atoms with E-state index in [4.69, 9.17) is 5.73 Å². The van der Waals surface area contributed by atoms with Crippen LogP contribution in [0.4, 0.5) is 32.0 Å². The maximum atomic E-state index is 13.4. The van der Waals surface area contributed by atoms with Gasteiger partial charge in [0.1, 0.15) is 17.1 Å². The summed E-state index contributed by atoms with van der Waals surface area (Å²) in [4.78, 5) is 17.3. The number of nitrogen functional groups attached to an aromatic ring is 1. The first-order valence-corrected chi connectivity index (χ1v) is 9.29. The maximum absolute atomic E-state index is 13.4. The van der Waals surface area contributed by atoms with Crippen molar-refractivity contribution in [1.82, 2.24) is 9.55 Å². The van der Waals surface area contributed by atoms with Gasteiger partial charge >= 0.3 is 12.8 Å². The topological polar surface area (TPSA) is 70.1 Å². The van der Waals surface area contributed by atoms with Crippen molar-refractivity contribution in [3.8, 4) is 22.6 Å². The number of nitrogens with zero attached hydrogens (tertiary/aromatic N) is 2. The molecule has 5 nitrogen and oxygen atoms in total. The Balaban J connectivity index is 2.05. The lowest BCUT2D eigenvalue weighted by molar-refractivity contribution is -0.137. The first-order valence-electron chi connectivity index (χ1n) is 9.29. The SMILES string of the molecule is Nc1c(-c2ccc(F)cc2)c(=O)n(-c2ccc(OC(F)F)cc2)c2cc(C(F)(F)F)cnc12. The Kier molecular flexibility index (Phi) is 5.48. The van der Waals surface area contributed by atoms with Crippen LogP contribution in [-0.2, 0) is 6.18 Å². The number of rotatable bonds is 4. The third kappa shape index (κ3) is 4.21. The van der Waals surface area contributed by atoms with Crippen molar-refractivity contribution in [2.45, 2.75) is 12.8 Å². The van der Waals surface area contributed by atoms with Gasteiger partial charge in [-0.2, -0.15) is 22.0 Å². The summed E-state index contributed by atoms with van der Waals surface area (Å²) in [6, 6.07) is 10.2. The van der Waals surface area contributed by atoms with Gasteiger partial charge in [0.05, 0.1) is 22.3 Å². The van der Waals surface area contributed by atoms with Gasteiger partial charge in [-0.05, 0) is 48.0 Å². The highest BCUT2D eigenvalue weighted by Crippen LogP contribution is 2.34. The van der Waals surface area contributed by atoms with Crippen molar-refractivity contribution < 1.29 is 31.1 Å². The van der Waals surface area contributed by atoms with E-state index in [2.05, 4.69) is 9.72 Å². The van der Waals surface area contributed by atoms with Crippen molar-refractivity contribution in [3.63, 3.8) is 0 Å². The van der Waals surface area contributed by atoms with Crippen LogP contribution in [0.2, 0.25) is 0 Å². The average Bonchev–Trinajstić information content (AvgIpc) is 2.75. The zero-order valence-electron chi connectivity index (χ0n) is 16.4. The molecule has 0 saturated heterocycles. The van der Waals surface area contributed by atoms with E-state index < -0.39 is 29.7 Å². The lowest BCUT2D eigenvalue weighted by Gasteiger charge is -2.17. The van der Waals surface area contributed by atoms with E-state index in [-0.39, 0.29) is 39.3 Å². The van der Waals surface area contributed by atoms with Crippen molar-refractivity contribution in [2.24, 2.45) is 0 Å². The number of benzene rings is 2. The molecule has 0 amide bonds. The predicted octanol–water partition coefficient (Wildman–Crippen LogP) is 5.39. The summed E-state index contributed by atoms with van der Waals surface area (Å²) < 4.78 is 83.5. The van der Waals surface area contributed by atoms with Crippen molar-refractivity contribution in [3.05, 3.63) is 82.5 Å². The van der Waals surface area contributed by atoms with Crippen LogP contribution in [0.15, 0.2) is 65.6 Å². The molecule has 0 unspecified atom stereocenters. The Morgan fingerprint density at radius 3 is 2.21 bits per heavy atom. The predicted molar refractivity (Wildman–Crippen MR) is 109 cm³/mol. The van der Waals surface area contributed by atoms with Crippen molar-refractivity contribution >= 4 is 16.7 Å². The molecule has 0 fully saturated rings. The van der Waals surface area contributed by atoms with E-state index in [0.717, 1.165) is 34.9 Å². The lowest BCUT2D eigenvalue weighted by atomic mass is 10.0. The summed E-state index contributed by atoms with van der Waals surface area (Å²) in [5.74, 6) is -0.782. The summed E-state index contributed by atoms with van der Waals surface area (Å²) in [5.41, 5.74) is 3.81. The first kappa shape index (κ1) is 22.2. The molecule has 0 aliphatic rings. The minimum Gasteiger partial charge on any atom is -0.435 e. The van der Waals surface area contributed by atoms with Crippen LogP contribution < -0.4 is 16.0 Å². The number of fused-ring (bicyclic) bond motifs is 1. The normalized spacial score (nSPS) is 11.8. The van der Waals surface area contributed by atoms with E-state index >= 15 is 0 Å². The Morgan fingerprint density at radius 1 is 1.00 bits per heavy atom. The van der Waals surface area contributed by atoms with Gasteiger partial charge in [-0.1, -0.05) is 12.1 Å². The number of halogens is 6. The Bertz CT molecular complexity index is 1380. The minimum atomic E-state index is -4.75. The molecule has 0 radical (unpaired) electrons. The second-order valence-corrected chi connectivity index (χ2v) is 6.90. The third-order valence-corrected chi connectivity index (χ3v) is 4.83. The maximum Gasteiger partial charge on any atom is 0.417 e. The number of anilines is 1. The molecule has 33 heavy (non-hydrogen) atoms. The van der Waals surface area contributed by atoms with Gasteiger partial charge in [0.25, 0.3) is 5.56 Å². The summed E-state index contributed by atoms with van der Waals surface area (Å²) >= 11 is 0. The van der Waals surface area contributed by atoms with Gasteiger partial charge in [0, 0.05) is 11.9 Å². The standard InChI is InChI=1S/C22H13F6N3O2/c23-13-3-1-11(2-4-13)17-18(29)19-16(9-12(10-30-19)22(26,27)28)31(20(17)32)14-5-7-15(8-6-14)33-21(24)25/h1-10,21H,29H2. The number of nitrogens with two attached hydrogens (primary N) is 1. The summed E-state index contributed by atoms with van der Waals surface area (Å²) in [6.07, 6.45) is -4.16. The Morgan fingerprint density at radius 2 is 1.64 bits per heavy atom. The molecule has 2 aromatic carbocycles. The Hall–Kier alpha value is -4.02. The van der Waals surface area contributed by atoms with Gasteiger partial charge in [0.2, 0.25) is 0 Å². The molecule has 0 aliphatic heterocycles. The van der Waals surface area contributed by atoms with E-state index in [1.807, 2.05) is 0 Å². The van der Waals surface area contributed by atoms with Crippen LogP contribution in [-0.4, -0.2) is 16.2 Å². The second kappa shape index (κ2) is 8.15. The summed E-state index contributed by atoms with van der Waals surface area (Å²) in [6.45, 7) is -3.08. The van der Waals surface area contributed by atoms with Crippen LogP contribution >= 0.6 is 0 Å². The van der Waals surface area contributed by atoms with Gasteiger partial charge in [-0.3, -0.25) is 14.3 Å². The molecule has 11 heteroatoms. The molecule has 4 aromatic rings. The zero-order chi connectivity index (χ0) is 23.9. The van der Waals surface area contributed by atoms with Gasteiger partial charge in [-0.25, -0.2) is 4.39 Å². The molecule has 0 atom stereocenters. The van der Waals surface area contributed by atoms with Crippen LogP contribution in [0.25, 0.3) is 27.8 Å². The molecular weight excluding hydrogens is 452 g/mol. The smallest absolute Gasteiger partial charge is 0.417 e. The number of pyridine rings is 2. The fourth-order valence-corrected chi connectivity index (χ4v) is 3.37. The minimum absolute atomic E-state index is 0.0519. The van der Waals surface area contributed by atoms with Crippen LogP contribution in [0.3, 0.4) is 0 Å². The average molecular weight is 465 g/mol. The van der Waals surface area contributed by atoms with Crippen molar-refractivity contribution in [2.75, 3.05) is 5.73 Å². The van der Waals surface area contributed by atoms with Crippen LogP contribution in [0.5, 0.6) is 5.75 Å². The van der Waals surface area contributed by atoms with Crippen molar-refractivity contribution in [1.29, 1.82) is 0 Å². The molecule has 0 aliphatic carbocycles. The van der Waals surface area contributed by atoms with Gasteiger partial charge in [-0.15, -0.1) is 0 Å². The number of hydrogen-bond acceptors (Lipinski definition) is 4. The molecular formula is C22H13F6N3O2. The molecule has 2 heterocycles. The van der Waals surface area contributed by atoms with Gasteiger partial charge in [0.15, 0.2) is 0 Å². The quantitative estimate of drug-likeness (QED) is 0.410. The molecule has 170 valence electrons. The summed E-state index contributed by atoms with van der Waals surface area (Å²) in [5, 5.41) is 0. The number of alkyl halides is 5. The molecule has 0 spiro atoms. The second-order valence-electron chi connectivity index (χ2n) is 6.90. The fraction of sp³-hybridized carbons (Fsp3) is 0.0909. The number of aromatic nitrogens is 2. The highest BCUT2D eigenvalue weighted by atomic mass is 19.4. The zero-order valence-corrected chi connectivity index (χ0v) is 16.4. The number of hydrogen-bond donors (Lipinski definition) is 1. The fourth-order valence-electron chi connectivity index (χ4n) is 3.37. The van der Waals surface area contributed by atoms with E-state index in [9.17, 15) is 31.1 Å². The molecule has 0 saturated carbocycles. The first-order chi connectivity index (χ1) is 15.6. The van der Waals surface area contributed by atoms with Gasteiger partial charge < -0.3 is 10.5 Å². The molecule has 0 bridgehead atoms. The Labute approximate surface area is 181 Å². The van der Waals surface area contributed by atoms with E-state index in [1.165, 1.54) is 24.3 Å². The van der Waals surface area contributed by atoms with Crippen LogP contribution in [0.1, 0.15) is 5.56 Å². The molecule has 4 rings (SSSR count). The third-order valence-electron chi connectivity index (χ3n) is 4.83. The highest BCUT2D eigenvalue weighted by molar-refractivity contribution is 5.96. The largest absolute Gasteiger partial charge is 0.435 e. The number of ether oxygens (including phenoxy) is 1. The van der Waals surface area contributed by atoms with E-state index in [0.29, 0.717) is 6.20 Å². The summed E-state index contributed by atoms with van der Waals surface area (Å²) in [7, 11) is 0.